The molecule has 0 unspecified atom stereocenters. The van der Waals surface area contributed by atoms with E-state index < -0.39 is 5.97 Å². The van der Waals surface area contributed by atoms with Crippen molar-refractivity contribution in [3.8, 4) is 5.75 Å². The molecule has 0 atom stereocenters. The monoisotopic (exact) mass is 194 g/mol. The fourth-order valence-electron chi connectivity index (χ4n) is 1.34. The number of carboxylic acid groups (broad SMARTS) is 1. The van der Waals surface area contributed by atoms with Crippen LogP contribution in [0.3, 0.4) is 0 Å². The highest BCUT2D eigenvalue weighted by atomic mass is 16.5. The lowest BCUT2D eigenvalue weighted by molar-refractivity contribution is -0.136. The molecule has 1 N–H and O–H groups in total. The normalized spacial score (nSPS) is 9.86. The molecule has 1 aromatic carbocycles. The SMILES string of the molecule is COc1cc(C)cc(CCC(=O)O)c1. The third-order valence-electron chi connectivity index (χ3n) is 1.97. The first-order valence-electron chi connectivity index (χ1n) is 4.48. The van der Waals surface area contributed by atoms with Crippen molar-refractivity contribution in [3.63, 3.8) is 0 Å². The van der Waals surface area contributed by atoms with Crippen molar-refractivity contribution in [1.82, 2.24) is 0 Å². The molecule has 0 aromatic heterocycles. The second-order valence-electron chi connectivity index (χ2n) is 3.25. The van der Waals surface area contributed by atoms with Crippen molar-refractivity contribution in [3.05, 3.63) is 29.3 Å². The minimum absolute atomic E-state index is 0.159. The zero-order valence-corrected chi connectivity index (χ0v) is 8.41. The number of hydrogen-bond donors (Lipinski definition) is 1. The number of carboxylic acids is 1. The van der Waals surface area contributed by atoms with Crippen LogP contribution in [-0.2, 0) is 11.2 Å². The van der Waals surface area contributed by atoms with Crippen molar-refractivity contribution >= 4 is 5.97 Å². The summed E-state index contributed by atoms with van der Waals surface area (Å²) < 4.78 is 5.10. The molecule has 0 radical (unpaired) electrons. The number of rotatable bonds is 4. The number of methoxy groups -OCH3 is 1. The van der Waals surface area contributed by atoms with Gasteiger partial charge in [0.25, 0.3) is 0 Å². The van der Waals surface area contributed by atoms with Gasteiger partial charge in [0, 0.05) is 6.42 Å². The van der Waals surface area contributed by atoms with E-state index in [0.29, 0.717) is 6.42 Å². The third kappa shape index (κ3) is 3.09. The van der Waals surface area contributed by atoms with Crippen molar-refractivity contribution in [2.45, 2.75) is 19.8 Å². The summed E-state index contributed by atoms with van der Waals surface area (Å²) in [7, 11) is 1.61. The Kier molecular flexibility index (Phi) is 3.51. The van der Waals surface area contributed by atoms with Gasteiger partial charge in [0.05, 0.1) is 7.11 Å². The smallest absolute Gasteiger partial charge is 0.303 e. The van der Waals surface area contributed by atoms with Crippen LogP contribution in [-0.4, -0.2) is 18.2 Å². The lowest BCUT2D eigenvalue weighted by Gasteiger charge is -2.05. The first-order valence-corrected chi connectivity index (χ1v) is 4.48. The quantitative estimate of drug-likeness (QED) is 0.797. The molecule has 0 aliphatic rings. The lowest BCUT2D eigenvalue weighted by atomic mass is 10.1. The average Bonchev–Trinajstić information content (AvgIpc) is 2.14. The van der Waals surface area contributed by atoms with Gasteiger partial charge in [-0.1, -0.05) is 6.07 Å². The highest BCUT2D eigenvalue weighted by Gasteiger charge is 2.01. The maximum Gasteiger partial charge on any atom is 0.303 e. The maximum atomic E-state index is 10.4. The summed E-state index contributed by atoms with van der Waals surface area (Å²) >= 11 is 0. The number of aliphatic carboxylic acids is 1. The van der Waals surface area contributed by atoms with Crippen LogP contribution in [0.5, 0.6) is 5.75 Å². The zero-order valence-electron chi connectivity index (χ0n) is 8.41. The van der Waals surface area contributed by atoms with E-state index >= 15 is 0 Å². The highest BCUT2D eigenvalue weighted by Crippen LogP contribution is 2.17. The molecule has 0 spiro atoms. The van der Waals surface area contributed by atoms with Gasteiger partial charge in [-0.25, -0.2) is 0 Å². The van der Waals surface area contributed by atoms with Crippen LogP contribution >= 0.6 is 0 Å². The van der Waals surface area contributed by atoms with Crippen molar-refractivity contribution in [2.75, 3.05) is 7.11 Å². The molecule has 0 bridgehead atoms. The minimum atomic E-state index is -0.773. The molecule has 0 aliphatic heterocycles. The van der Waals surface area contributed by atoms with E-state index in [1.54, 1.807) is 7.11 Å². The molecule has 0 fully saturated rings. The first kappa shape index (κ1) is 10.6. The first-order chi connectivity index (χ1) is 6.61. The zero-order chi connectivity index (χ0) is 10.6. The Morgan fingerprint density at radius 3 is 2.71 bits per heavy atom. The molecule has 0 saturated carbocycles. The van der Waals surface area contributed by atoms with Gasteiger partial charge in [0.1, 0.15) is 5.75 Å². The summed E-state index contributed by atoms with van der Waals surface area (Å²) in [6.07, 6.45) is 0.708. The van der Waals surface area contributed by atoms with E-state index in [9.17, 15) is 4.79 Å². The fraction of sp³-hybridized carbons (Fsp3) is 0.364. The number of aryl methyl sites for hydroxylation is 2. The molecule has 0 saturated heterocycles. The summed E-state index contributed by atoms with van der Waals surface area (Å²) in [5.74, 6) is 0.0101. The summed E-state index contributed by atoms with van der Waals surface area (Å²) in [6, 6.07) is 5.77. The predicted molar refractivity (Wildman–Crippen MR) is 53.7 cm³/mol. The Bertz CT molecular complexity index is 331. The highest BCUT2D eigenvalue weighted by molar-refractivity contribution is 5.67. The molecule has 1 rings (SSSR count). The van der Waals surface area contributed by atoms with Crippen molar-refractivity contribution in [1.29, 1.82) is 0 Å². The number of ether oxygens (including phenoxy) is 1. The molecule has 14 heavy (non-hydrogen) atoms. The Balaban J connectivity index is 2.76. The number of carbonyl (C=O) groups is 1. The Labute approximate surface area is 83.3 Å². The van der Waals surface area contributed by atoms with Gasteiger partial charge in [-0.15, -0.1) is 0 Å². The van der Waals surface area contributed by atoms with Crippen LogP contribution < -0.4 is 4.74 Å². The van der Waals surface area contributed by atoms with Gasteiger partial charge >= 0.3 is 5.97 Å². The van der Waals surface area contributed by atoms with E-state index in [1.165, 1.54) is 0 Å². The van der Waals surface area contributed by atoms with Gasteiger partial charge in [-0.3, -0.25) is 4.79 Å². The Morgan fingerprint density at radius 2 is 2.14 bits per heavy atom. The molecule has 1 aromatic rings. The van der Waals surface area contributed by atoms with Gasteiger partial charge < -0.3 is 9.84 Å². The standard InChI is InChI=1S/C11H14O3/c1-8-5-9(3-4-11(12)13)7-10(6-8)14-2/h5-7H,3-4H2,1-2H3,(H,12,13). The summed E-state index contributed by atoms with van der Waals surface area (Å²) in [5.41, 5.74) is 2.09. The Hall–Kier alpha value is -1.51. The number of benzene rings is 1. The molecule has 0 amide bonds. The van der Waals surface area contributed by atoms with Crippen LogP contribution in [0, 0.1) is 6.92 Å². The number of hydrogen-bond acceptors (Lipinski definition) is 2. The van der Waals surface area contributed by atoms with Crippen LogP contribution in [0.1, 0.15) is 17.5 Å². The average molecular weight is 194 g/mol. The van der Waals surface area contributed by atoms with Crippen molar-refractivity contribution < 1.29 is 14.6 Å². The Morgan fingerprint density at radius 1 is 1.43 bits per heavy atom. The van der Waals surface area contributed by atoms with Gasteiger partial charge in [-0.2, -0.15) is 0 Å². The molecule has 3 nitrogen and oxygen atoms in total. The van der Waals surface area contributed by atoms with Crippen LogP contribution in [0.4, 0.5) is 0 Å². The molecule has 0 heterocycles. The molecular formula is C11H14O3. The molecular weight excluding hydrogens is 180 g/mol. The minimum Gasteiger partial charge on any atom is -0.497 e. The maximum absolute atomic E-state index is 10.4. The van der Waals surface area contributed by atoms with Crippen molar-refractivity contribution in [2.24, 2.45) is 0 Å². The largest absolute Gasteiger partial charge is 0.497 e. The second kappa shape index (κ2) is 4.65. The van der Waals surface area contributed by atoms with E-state index in [0.717, 1.165) is 16.9 Å². The summed E-state index contributed by atoms with van der Waals surface area (Å²) in [6.45, 7) is 1.97. The topological polar surface area (TPSA) is 46.5 Å². The summed E-state index contributed by atoms with van der Waals surface area (Å²) in [5, 5.41) is 8.54. The van der Waals surface area contributed by atoms with E-state index in [2.05, 4.69) is 0 Å². The predicted octanol–water partition coefficient (Wildman–Crippen LogP) is 2.02. The van der Waals surface area contributed by atoms with Gasteiger partial charge in [0.2, 0.25) is 0 Å². The van der Waals surface area contributed by atoms with E-state index in [-0.39, 0.29) is 6.42 Å². The van der Waals surface area contributed by atoms with Gasteiger partial charge in [0.15, 0.2) is 0 Å². The molecule has 3 heteroatoms. The van der Waals surface area contributed by atoms with Crippen LogP contribution in [0.25, 0.3) is 0 Å². The van der Waals surface area contributed by atoms with E-state index in [1.807, 2.05) is 25.1 Å². The lowest BCUT2D eigenvalue weighted by Crippen LogP contribution is -1.98. The van der Waals surface area contributed by atoms with Crippen LogP contribution in [0.2, 0.25) is 0 Å². The van der Waals surface area contributed by atoms with E-state index in [4.69, 9.17) is 9.84 Å². The summed E-state index contributed by atoms with van der Waals surface area (Å²) in [4.78, 5) is 10.4. The fourth-order valence-corrected chi connectivity index (χ4v) is 1.34. The third-order valence-corrected chi connectivity index (χ3v) is 1.97. The van der Waals surface area contributed by atoms with Gasteiger partial charge in [-0.05, 0) is 36.6 Å². The van der Waals surface area contributed by atoms with Crippen LogP contribution in [0.15, 0.2) is 18.2 Å². The molecule has 76 valence electrons. The molecule has 0 aliphatic carbocycles. The second-order valence-corrected chi connectivity index (χ2v) is 3.25.